The Balaban J connectivity index is 1.60. The number of nitrogens with one attached hydrogen (secondary N) is 1. The lowest BCUT2D eigenvalue weighted by molar-refractivity contribution is -0.141. The Morgan fingerprint density at radius 2 is 1.97 bits per heavy atom. The molecule has 10 heteroatoms. The number of ether oxygens (including phenoxy) is 2. The molecule has 3 rings (SSSR count). The minimum atomic E-state index is -4.59. The van der Waals surface area contributed by atoms with Crippen LogP contribution in [0, 0.1) is 0 Å². The minimum Gasteiger partial charge on any atom is -0.493 e. The molecule has 0 radical (unpaired) electrons. The Morgan fingerprint density at radius 3 is 2.55 bits per heavy atom. The van der Waals surface area contributed by atoms with Gasteiger partial charge in [-0.1, -0.05) is 11.6 Å². The van der Waals surface area contributed by atoms with Gasteiger partial charge in [0.2, 0.25) is 0 Å². The maximum atomic E-state index is 13.1. The molecular formula is C19H21ClF3N3O3. The van der Waals surface area contributed by atoms with E-state index in [2.05, 4.69) is 10.4 Å². The van der Waals surface area contributed by atoms with Crippen LogP contribution in [0.25, 0.3) is 0 Å². The van der Waals surface area contributed by atoms with Crippen molar-refractivity contribution in [3.8, 4) is 11.5 Å². The first-order chi connectivity index (χ1) is 13.8. The van der Waals surface area contributed by atoms with Crippen molar-refractivity contribution in [2.75, 3.05) is 20.8 Å². The fourth-order valence-corrected chi connectivity index (χ4v) is 3.46. The summed E-state index contributed by atoms with van der Waals surface area (Å²) in [6.07, 6.45) is -2.57. The van der Waals surface area contributed by atoms with E-state index in [4.69, 9.17) is 21.1 Å². The normalized spacial score (nSPS) is 14.0. The van der Waals surface area contributed by atoms with Gasteiger partial charge >= 0.3 is 6.18 Å². The van der Waals surface area contributed by atoms with E-state index in [1.54, 1.807) is 18.2 Å². The second-order valence-electron chi connectivity index (χ2n) is 6.72. The summed E-state index contributed by atoms with van der Waals surface area (Å²) in [6.45, 7) is 0.504. The highest BCUT2D eigenvalue weighted by Crippen LogP contribution is 2.46. The van der Waals surface area contributed by atoms with Gasteiger partial charge in [-0.05, 0) is 37.5 Å². The summed E-state index contributed by atoms with van der Waals surface area (Å²) < 4.78 is 50.9. The van der Waals surface area contributed by atoms with Gasteiger partial charge in [0, 0.05) is 24.6 Å². The summed E-state index contributed by atoms with van der Waals surface area (Å²) in [5.41, 5.74) is -0.219. The Bertz CT molecular complexity index is 895. The molecule has 1 aliphatic rings. The second kappa shape index (κ2) is 8.52. The number of nitrogens with zero attached hydrogens (tertiary/aromatic N) is 2. The monoisotopic (exact) mass is 431 g/mol. The first-order valence-electron chi connectivity index (χ1n) is 9.09. The van der Waals surface area contributed by atoms with Gasteiger partial charge in [-0.15, -0.1) is 0 Å². The van der Waals surface area contributed by atoms with Gasteiger partial charge in [0.25, 0.3) is 5.91 Å². The van der Waals surface area contributed by atoms with E-state index in [1.165, 1.54) is 18.9 Å². The quantitative estimate of drug-likeness (QED) is 0.634. The van der Waals surface area contributed by atoms with Gasteiger partial charge < -0.3 is 14.8 Å². The zero-order valence-corrected chi connectivity index (χ0v) is 16.7. The molecule has 2 aromatic rings. The Kier molecular flexibility index (Phi) is 6.26. The summed E-state index contributed by atoms with van der Waals surface area (Å²) in [7, 11) is 2.97. The molecule has 0 atom stereocenters. The van der Waals surface area contributed by atoms with Crippen LogP contribution in [-0.4, -0.2) is 36.5 Å². The second-order valence-corrected chi connectivity index (χ2v) is 7.10. The number of aryl methyl sites for hydroxylation is 1. The summed E-state index contributed by atoms with van der Waals surface area (Å²) >= 11 is 5.95. The van der Waals surface area contributed by atoms with Crippen LogP contribution in [0.5, 0.6) is 11.5 Å². The molecule has 0 saturated heterocycles. The topological polar surface area (TPSA) is 65.4 Å². The van der Waals surface area contributed by atoms with E-state index < -0.39 is 11.9 Å². The fourth-order valence-electron chi connectivity index (χ4n) is 3.06. The third-order valence-corrected chi connectivity index (χ3v) is 5.01. The number of methoxy groups -OCH3 is 2. The highest BCUT2D eigenvalue weighted by Gasteiger charge is 2.41. The van der Waals surface area contributed by atoms with E-state index in [1.807, 2.05) is 0 Å². The third-order valence-electron chi connectivity index (χ3n) is 4.64. The van der Waals surface area contributed by atoms with Crippen LogP contribution in [-0.2, 0) is 12.7 Å². The molecule has 1 aliphatic carbocycles. The van der Waals surface area contributed by atoms with Crippen LogP contribution in [0.2, 0.25) is 5.02 Å². The smallest absolute Gasteiger partial charge is 0.436 e. The average molecular weight is 432 g/mol. The number of aromatic nitrogens is 2. The van der Waals surface area contributed by atoms with Crippen molar-refractivity contribution in [2.24, 2.45) is 0 Å². The van der Waals surface area contributed by atoms with E-state index in [0.29, 0.717) is 29.2 Å². The Labute approximate surface area is 170 Å². The number of hydrogen-bond acceptors (Lipinski definition) is 4. The van der Waals surface area contributed by atoms with Crippen molar-refractivity contribution in [3.05, 3.63) is 40.2 Å². The van der Waals surface area contributed by atoms with Crippen LogP contribution in [0.3, 0.4) is 0 Å². The highest BCUT2D eigenvalue weighted by molar-refractivity contribution is 6.32. The molecule has 1 N–H and O–H groups in total. The highest BCUT2D eigenvalue weighted by atomic mass is 35.5. The van der Waals surface area contributed by atoms with E-state index in [9.17, 15) is 18.0 Å². The van der Waals surface area contributed by atoms with Crippen molar-refractivity contribution in [1.82, 2.24) is 15.1 Å². The maximum Gasteiger partial charge on any atom is 0.436 e. The number of benzene rings is 1. The molecule has 0 spiro atoms. The predicted molar refractivity (Wildman–Crippen MR) is 101 cm³/mol. The lowest BCUT2D eigenvalue weighted by atomic mass is 10.2. The number of carbonyl (C=O) groups excluding carboxylic acids is 1. The molecule has 1 fully saturated rings. The first kappa shape index (κ1) is 21.3. The van der Waals surface area contributed by atoms with Crippen molar-refractivity contribution in [2.45, 2.75) is 37.9 Å². The van der Waals surface area contributed by atoms with Gasteiger partial charge in [0.15, 0.2) is 17.2 Å². The van der Waals surface area contributed by atoms with E-state index >= 15 is 0 Å². The molecule has 1 aromatic heterocycles. The van der Waals surface area contributed by atoms with Crippen molar-refractivity contribution >= 4 is 17.5 Å². The van der Waals surface area contributed by atoms with E-state index in [-0.39, 0.29) is 29.9 Å². The van der Waals surface area contributed by atoms with Crippen LogP contribution < -0.4 is 14.8 Å². The average Bonchev–Trinajstić information content (AvgIpc) is 3.46. The number of halogens is 4. The maximum absolute atomic E-state index is 13.1. The summed E-state index contributed by atoms with van der Waals surface area (Å²) in [4.78, 5) is 12.3. The van der Waals surface area contributed by atoms with Crippen LogP contribution in [0.4, 0.5) is 13.2 Å². The molecule has 0 unspecified atom stereocenters. The van der Waals surface area contributed by atoms with E-state index in [0.717, 1.165) is 12.8 Å². The molecule has 6 nitrogen and oxygen atoms in total. The number of carbonyl (C=O) groups is 1. The zero-order chi connectivity index (χ0) is 21.2. The lowest BCUT2D eigenvalue weighted by Crippen LogP contribution is -2.25. The minimum absolute atomic E-state index is 0.0208. The van der Waals surface area contributed by atoms with Crippen LogP contribution in [0.15, 0.2) is 18.2 Å². The fraction of sp³-hybridized carbons (Fsp3) is 0.474. The largest absolute Gasteiger partial charge is 0.493 e. The van der Waals surface area contributed by atoms with Crippen molar-refractivity contribution in [3.63, 3.8) is 0 Å². The molecule has 158 valence electrons. The molecule has 0 bridgehead atoms. The Morgan fingerprint density at radius 1 is 1.28 bits per heavy atom. The van der Waals surface area contributed by atoms with Gasteiger partial charge in [0.05, 0.1) is 24.9 Å². The van der Waals surface area contributed by atoms with Gasteiger partial charge in [-0.2, -0.15) is 18.3 Å². The predicted octanol–water partition coefficient (Wildman–Crippen LogP) is 4.27. The summed E-state index contributed by atoms with van der Waals surface area (Å²) in [5.74, 6) is 0.642. The molecule has 29 heavy (non-hydrogen) atoms. The molecular weight excluding hydrogens is 411 g/mol. The molecule has 1 saturated carbocycles. The van der Waals surface area contributed by atoms with Crippen molar-refractivity contribution < 1.29 is 27.4 Å². The van der Waals surface area contributed by atoms with Gasteiger partial charge in [-0.3, -0.25) is 9.48 Å². The van der Waals surface area contributed by atoms with Gasteiger partial charge in [-0.25, -0.2) is 0 Å². The first-order valence-corrected chi connectivity index (χ1v) is 9.47. The summed E-state index contributed by atoms with van der Waals surface area (Å²) in [6, 6.07) is 4.78. The number of alkyl halides is 3. The third kappa shape index (κ3) is 4.77. The SMILES string of the molecule is COc1ccc(C(=O)NCCCn2nc(C(F)(F)F)c(Cl)c2C2CC2)cc1OC. The summed E-state index contributed by atoms with van der Waals surface area (Å²) in [5, 5.41) is 6.11. The number of amides is 1. The van der Waals surface area contributed by atoms with Crippen LogP contribution in [0.1, 0.15) is 46.9 Å². The molecule has 0 aliphatic heterocycles. The number of hydrogen-bond donors (Lipinski definition) is 1. The molecule has 1 amide bonds. The molecule has 1 aromatic carbocycles. The standard InChI is InChI=1S/C19H21ClF3N3O3/c1-28-13-7-6-12(10-14(13)29-2)18(27)24-8-3-9-26-16(11-4-5-11)15(20)17(25-26)19(21,22)23/h6-7,10-11H,3-5,8-9H2,1-2H3,(H,24,27). The Hall–Kier alpha value is -2.42. The van der Waals surface area contributed by atoms with Crippen molar-refractivity contribution in [1.29, 1.82) is 0 Å². The van der Waals surface area contributed by atoms with Crippen LogP contribution >= 0.6 is 11.6 Å². The molecule has 1 heterocycles. The lowest BCUT2D eigenvalue weighted by Gasteiger charge is -2.10. The number of rotatable bonds is 8. The zero-order valence-electron chi connectivity index (χ0n) is 16.0. The van der Waals surface area contributed by atoms with Gasteiger partial charge in [0.1, 0.15) is 0 Å².